The lowest BCUT2D eigenvalue weighted by molar-refractivity contribution is 0.557. The number of thiocarbonyl (C=S) groups is 1. The largest absolute Gasteiger partial charge is 0.351 e. The maximum Gasteiger partial charge on any atom is 0.174 e. The van der Waals surface area contributed by atoms with Crippen LogP contribution in [-0.2, 0) is 0 Å². The van der Waals surface area contributed by atoms with Gasteiger partial charge in [0.25, 0.3) is 0 Å². The van der Waals surface area contributed by atoms with E-state index in [1.807, 2.05) is 29.1 Å². The van der Waals surface area contributed by atoms with Crippen molar-refractivity contribution in [1.29, 1.82) is 0 Å². The van der Waals surface area contributed by atoms with E-state index in [1.165, 1.54) is 5.56 Å². The standard InChI is InChI=1S/C23H22BrN7S/c1-14-10-17(7-8-19(14)24)30-22(21(28-23(30)32)20-6-4-5-9-25-20)18-11-15(2)31(16(18)3)29-12-26-27-13-29/h4-13,21-22H,1-3H3,(H,28,32)/t21-,22+/m1/s1. The van der Waals surface area contributed by atoms with Crippen molar-refractivity contribution < 1.29 is 0 Å². The van der Waals surface area contributed by atoms with Crippen LogP contribution in [-0.4, -0.2) is 29.6 Å². The smallest absolute Gasteiger partial charge is 0.174 e. The fraction of sp³-hybridized carbons (Fsp3) is 0.217. The Balaban J connectivity index is 1.69. The van der Waals surface area contributed by atoms with Crippen LogP contribution >= 0.6 is 28.1 Å². The highest BCUT2D eigenvalue weighted by Gasteiger charge is 2.42. The molecule has 1 aliphatic rings. The lowest BCUT2D eigenvalue weighted by Crippen LogP contribution is -2.29. The van der Waals surface area contributed by atoms with E-state index in [2.05, 4.69) is 91.0 Å². The molecule has 0 unspecified atom stereocenters. The summed E-state index contributed by atoms with van der Waals surface area (Å²) in [6.07, 6.45) is 5.23. The summed E-state index contributed by atoms with van der Waals surface area (Å²) in [4.78, 5) is 6.85. The third-order valence-electron chi connectivity index (χ3n) is 5.91. The Hall–Kier alpha value is -3.04. The van der Waals surface area contributed by atoms with E-state index in [-0.39, 0.29) is 12.1 Å². The molecule has 4 heterocycles. The van der Waals surface area contributed by atoms with E-state index in [9.17, 15) is 0 Å². The van der Waals surface area contributed by atoms with Crippen molar-refractivity contribution in [2.24, 2.45) is 0 Å². The molecule has 4 aromatic rings. The molecule has 1 saturated heterocycles. The van der Waals surface area contributed by atoms with Crippen molar-refractivity contribution in [3.8, 4) is 0 Å². The first-order valence-electron chi connectivity index (χ1n) is 10.3. The number of nitrogens with zero attached hydrogens (tertiary/aromatic N) is 6. The van der Waals surface area contributed by atoms with Crippen LogP contribution < -0.4 is 10.2 Å². The second kappa shape index (κ2) is 8.14. The molecule has 1 N–H and O–H groups in total. The average molecular weight is 508 g/mol. The van der Waals surface area contributed by atoms with Gasteiger partial charge in [-0.15, -0.1) is 10.2 Å². The molecule has 0 spiro atoms. The molecule has 0 aliphatic carbocycles. The monoisotopic (exact) mass is 507 g/mol. The number of anilines is 1. The zero-order valence-electron chi connectivity index (χ0n) is 17.9. The fourth-order valence-electron chi connectivity index (χ4n) is 4.46. The van der Waals surface area contributed by atoms with E-state index in [0.717, 1.165) is 32.8 Å². The van der Waals surface area contributed by atoms with Crippen LogP contribution in [0.25, 0.3) is 0 Å². The van der Waals surface area contributed by atoms with Gasteiger partial charge < -0.3 is 10.2 Å². The zero-order chi connectivity index (χ0) is 22.4. The highest BCUT2D eigenvalue weighted by Crippen LogP contribution is 2.43. The van der Waals surface area contributed by atoms with Gasteiger partial charge in [0.15, 0.2) is 5.11 Å². The molecule has 3 aromatic heterocycles. The van der Waals surface area contributed by atoms with Crippen LogP contribution in [0.5, 0.6) is 0 Å². The van der Waals surface area contributed by atoms with Gasteiger partial charge in [-0.3, -0.25) is 9.66 Å². The maximum atomic E-state index is 5.86. The first-order chi connectivity index (χ1) is 15.5. The van der Waals surface area contributed by atoms with Gasteiger partial charge in [-0.1, -0.05) is 22.0 Å². The highest BCUT2D eigenvalue weighted by atomic mass is 79.9. The summed E-state index contributed by atoms with van der Waals surface area (Å²) in [5.74, 6) is 0. The molecule has 0 saturated carbocycles. The van der Waals surface area contributed by atoms with Gasteiger partial charge in [-0.05, 0) is 75.0 Å². The summed E-state index contributed by atoms with van der Waals surface area (Å²) < 4.78 is 5.07. The number of benzene rings is 1. The number of aromatic nitrogens is 5. The number of halogens is 1. The maximum absolute atomic E-state index is 5.86. The summed E-state index contributed by atoms with van der Waals surface area (Å²) in [6.45, 7) is 6.29. The van der Waals surface area contributed by atoms with Crippen molar-refractivity contribution in [3.05, 3.63) is 94.0 Å². The molecule has 1 aromatic carbocycles. The van der Waals surface area contributed by atoms with Crippen molar-refractivity contribution in [3.63, 3.8) is 0 Å². The predicted molar refractivity (Wildman–Crippen MR) is 132 cm³/mol. The number of pyridine rings is 1. The minimum atomic E-state index is -0.0949. The minimum absolute atomic E-state index is 0.0746. The summed E-state index contributed by atoms with van der Waals surface area (Å²) in [6, 6.07) is 14.3. The molecule has 0 amide bonds. The van der Waals surface area contributed by atoms with Crippen molar-refractivity contribution in [2.75, 3.05) is 4.90 Å². The summed E-state index contributed by atoms with van der Waals surface area (Å²) in [7, 11) is 0. The molecule has 162 valence electrons. The third-order valence-corrected chi connectivity index (χ3v) is 7.11. The molecular weight excluding hydrogens is 486 g/mol. The molecule has 9 heteroatoms. The molecule has 2 atom stereocenters. The molecule has 1 aliphatic heterocycles. The SMILES string of the molecule is Cc1cc(N2C(=S)N[C@H](c3ccccn3)[C@@H]2c2cc(C)n(-n3cnnc3)c2C)ccc1Br. The van der Waals surface area contributed by atoms with Gasteiger partial charge in [0.05, 0.1) is 17.8 Å². The second-order valence-electron chi connectivity index (χ2n) is 7.91. The minimum Gasteiger partial charge on any atom is -0.351 e. The topological polar surface area (TPSA) is 63.8 Å². The lowest BCUT2D eigenvalue weighted by Gasteiger charge is -2.28. The van der Waals surface area contributed by atoms with E-state index < -0.39 is 0 Å². The molecular formula is C23H22BrN7S. The van der Waals surface area contributed by atoms with Crippen LogP contribution in [0.4, 0.5) is 5.69 Å². The predicted octanol–water partition coefficient (Wildman–Crippen LogP) is 4.65. The Morgan fingerprint density at radius 1 is 1.03 bits per heavy atom. The highest BCUT2D eigenvalue weighted by molar-refractivity contribution is 9.10. The molecule has 5 rings (SSSR count). The van der Waals surface area contributed by atoms with Crippen LogP contribution in [0.15, 0.2) is 65.8 Å². The first kappa shape index (κ1) is 20.8. The third kappa shape index (κ3) is 3.41. The molecule has 0 bridgehead atoms. The Bertz CT molecular complexity index is 1280. The van der Waals surface area contributed by atoms with Crippen molar-refractivity contribution in [2.45, 2.75) is 32.9 Å². The van der Waals surface area contributed by atoms with Gasteiger partial charge in [-0.25, -0.2) is 4.68 Å². The Morgan fingerprint density at radius 2 is 1.81 bits per heavy atom. The van der Waals surface area contributed by atoms with Gasteiger partial charge in [0.1, 0.15) is 12.7 Å². The van der Waals surface area contributed by atoms with Crippen molar-refractivity contribution in [1.82, 2.24) is 29.9 Å². The van der Waals surface area contributed by atoms with Crippen LogP contribution in [0.1, 0.15) is 40.3 Å². The number of aryl methyl sites for hydroxylation is 2. The summed E-state index contributed by atoms with van der Waals surface area (Å²) in [5, 5.41) is 12.2. The van der Waals surface area contributed by atoms with Gasteiger partial charge >= 0.3 is 0 Å². The van der Waals surface area contributed by atoms with E-state index in [4.69, 9.17) is 12.2 Å². The fourth-order valence-corrected chi connectivity index (χ4v) is 5.05. The molecule has 32 heavy (non-hydrogen) atoms. The molecule has 7 nitrogen and oxygen atoms in total. The van der Waals surface area contributed by atoms with Crippen LogP contribution in [0, 0.1) is 20.8 Å². The summed E-state index contributed by atoms with van der Waals surface area (Å²) >= 11 is 9.47. The first-order valence-corrected chi connectivity index (χ1v) is 11.5. The number of rotatable bonds is 4. The van der Waals surface area contributed by atoms with Gasteiger partial charge in [0, 0.05) is 33.3 Å². The number of hydrogen-bond acceptors (Lipinski definition) is 4. The normalized spacial score (nSPS) is 18.2. The second-order valence-corrected chi connectivity index (χ2v) is 9.15. The zero-order valence-corrected chi connectivity index (χ0v) is 20.3. The van der Waals surface area contributed by atoms with Crippen molar-refractivity contribution >= 4 is 38.9 Å². The summed E-state index contributed by atoms with van der Waals surface area (Å²) in [5.41, 5.74) is 6.49. The lowest BCUT2D eigenvalue weighted by atomic mass is 9.96. The Kier molecular flexibility index (Phi) is 5.30. The Labute approximate surface area is 200 Å². The van der Waals surface area contributed by atoms with E-state index >= 15 is 0 Å². The van der Waals surface area contributed by atoms with E-state index in [1.54, 1.807) is 12.7 Å². The molecule has 0 radical (unpaired) electrons. The number of nitrogens with one attached hydrogen (secondary N) is 1. The average Bonchev–Trinajstić information content (AvgIpc) is 3.49. The van der Waals surface area contributed by atoms with Gasteiger partial charge in [0.2, 0.25) is 0 Å². The van der Waals surface area contributed by atoms with E-state index in [0.29, 0.717) is 5.11 Å². The quantitative estimate of drug-likeness (QED) is 0.405. The van der Waals surface area contributed by atoms with Crippen LogP contribution in [0.3, 0.4) is 0 Å². The van der Waals surface area contributed by atoms with Gasteiger partial charge in [-0.2, -0.15) is 0 Å². The van der Waals surface area contributed by atoms with Crippen LogP contribution in [0.2, 0.25) is 0 Å². The molecule has 1 fully saturated rings. The Morgan fingerprint density at radius 3 is 2.50 bits per heavy atom. The number of hydrogen-bond donors (Lipinski definition) is 1.